The second kappa shape index (κ2) is 5.66. The minimum absolute atomic E-state index is 0.361. The van der Waals surface area contributed by atoms with Gasteiger partial charge in [-0.2, -0.15) is 0 Å². The number of nitrogens with zero attached hydrogens (tertiary/aromatic N) is 2. The number of hydrogen-bond donors (Lipinski definition) is 0. The first-order valence-corrected chi connectivity index (χ1v) is 5.34. The van der Waals surface area contributed by atoms with E-state index in [4.69, 9.17) is 11.2 Å². The molecule has 0 saturated heterocycles. The van der Waals surface area contributed by atoms with Gasteiger partial charge >= 0.3 is 6.01 Å². The molecule has 0 amide bonds. The Morgan fingerprint density at radius 1 is 1.06 bits per heavy atom. The molecule has 0 saturated carbocycles. The van der Waals surface area contributed by atoms with Gasteiger partial charge in [-0.1, -0.05) is 30.3 Å². The number of rotatable bonds is 4. The summed E-state index contributed by atoms with van der Waals surface area (Å²) in [7, 11) is 0. The van der Waals surface area contributed by atoms with Gasteiger partial charge in [-0.25, -0.2) is 9.97 Å². The van der Waals surface area contributed by atoms with Crippen LogP contribution in [-0.2, 0) is 0 Å². The maximum Gasteiger partial charge on any atom is 0.316 e. The van der Waals surface area contributed by atoms with Crippen LogP contribution in [0.3, 0.4) is 0 Å². The van der Waals surface area contributed by atoms with Gasteiger partial charge < -0.3 is 4.74 Å². The lowest BCUT2D eigenvalue weighted by Gasteiger charge is -2.03. The Balaban J connectivity index is 2.06. The molecular formula is C14H12N2O. The Morgan fingerprint density at radius 3 is 2.41 bits per heavy atom. The van der Waals surface area contributed by atoms with Crippen molar-refractivity contribution >= 4 is 0 Å². The summed E-state index contributed by atoms with van der Waals surface area (Å²) in [5.74, 6) is 2.49. The number of terminal acetylenes is 1. The Kier molecular flexibility index (Phi) is 3.72. The van der Waals surface area contributed by atoms with Crippen LogP contribution in [-0.4, -0.2) is 16.6 Å². The Hall–Kier alpha value is -2.34. The molecular weight excluding hydrogens is 212 g/mol. The fourth-order valence-electron chi connectivity index (χ4n) is 1.37. The van der Waals surface area contributed by atoms with Crippen LogP contribution in [0, 0.1) is 12.3 Å². The van der Waals surface area contributed by atoms with E-state index in [0.29, 0.717) is 19.0 Å². The molecule has 3 nitrogen and oxygen atoms in total. The normalized spacial score (nSPS) is 9.59. The Labute approximate surface area is 101 Å². The van der Waals surface area contributed by atoms with E-state index in [9.17, 15) is 0 Å². The SMILES string of the molecule is C#CCCOc1ncc(-c2ccccc2)cn1. The van der Waals surface area contributed by atoms with Crippen LogP contribution >= 0.6 is 0 Å². The van der Waals surface area contributed by atoms with Crippen molar-refractivity contribution in [3.63, 3.8) is 0 Å². The summed E-state index contributed by atoms with van der Waals surface area (Å²) >= 11 is 0. The summed E-state index contributed by atoms with van der Waals surface area (Å²) in [4.78, 5) is 8.25. The molecule has 0 N–H and O–H groups in total. The van der Waals surface area contributed by atoms with Crippen LogP contribution in [0.15, 0.2) is 42.7 Å². The Morgan fingerprint density at radius 2 is 1.76 bits per heavy atom. The van der Waals surface area contributed by atoms with Crippen molar-refractivity contribution in [2.24, 2.45) is 0 Å². The van der Waals surface area contributed by atoms with Gasteiger partial charge in [0.15, 0.2) is 0 Å². The minimum Gasteiger partial charge on any atom is -0.462 e. The van der Waals surface area contributed by atoms with Gasteiger partial charge in [0.05, 0.1) is 0 Å². The third-order valence-corrected chi connectivity index (χ3v) is 2.21. The molecule has 0 unspecified atom stereocenters. The van der Waals surface area contributed by atoms with Crippen molar-refractivity contribution in [3.8, 4) is 29.5 Å². The van der Waals surface area contributed by atoms with Gasteiger partial charge in [-0.3, -0.25) is 0 Å². The highest BCUT2D eigenvalue weighted by atomic mass is 16.5. The first-order valence-electron chi connectivity index (χ1n) is 5.34. The highest BCUT2D eigenvalue weighted by Gasteiger charge is 2.00. The van der Waals surface area contributed by atoms with Crippen LogP contribution in [0.4, 0.5) is 0 Å². The van der Waals surface area contributed by atoms with E-state index in [0.717, 1.165) is 11.1 Å². The molecule has 0 radical (unpaired) electrons. The number of aromatic nitrogens is 2. The molecule has 0 atom stereocenters. The van der Waals surface area contributed by atoms with Gasteiger partial charge in [0.25, 0.3) is 0 Å². The standard InChI is InChI=1S/C14H12N2O/c1-2-3-9-17-14-15-10-13(11-16-14)12-7-5-4-6-8-12/h1,4-8,10-11H,3,9H2. The van der Waals surface area contributed by atoms with Crippen LogP contribution in [0.2, 0.25) is 0 Å². The first kappa shape index (κ1) is 11.2. The van der Waals surface area contributed by atoms with Crippen molar-refractivity contribution in [3.05, 3.63) is 42.7 Å². The van der Waals surface area contributed by atoms with E-state index < -0.39 is 0 Å². The molecule has 0 aliphatic rings. The van der Waals surface area contributed by atoms with Crippen LogP contribution in [0.5, 0.6) is 6.01 Å². The molecule has 0 fully saturated rings. The lowest BCUT2D eigenvalue weighted by molar-refractivity contribution is 0.301. The smallest absolute Gasteiger partial charge is 0.316 e. The number of hydrogen-bond acceptors (Lipinski definition) is 3. The molecule has 84 valence electrons. The molecule has 0 aliphatic heterocycles. The van der Waals surface area contributed by atoms with E-state index in [1.807, 2.05) is 30.3 Å². The summed E-state index contributed by atoms with van der Waals surface area (Å²) in [6.45, 7) is 0.446. The van der Waals surface area contributed by atoms with E-state index >= 15 is 0 Å². The van der Waals surface area contributed by atoms with Crippen molar-refractivity contribution in [1.29, 1.82) is 0 Å². The van der Waals surface area contributed by atoms with E-state index in [-0.39, 0.29) is 0 Å². The second-order valence-corrected chi connectivity index (χ2v) is 3.42. The third kappa shape index (κ3) is 3.05. The maximum absolute atomic E-state index is 5.27. The van der Waals surface area contributed by atoms with E-state index in [1.165, 1.54) is 0 Å². The van der Waals surface area contributed by atoms with Gasteiger partial charge in [0.1, 0.15) is 6.61 Å². The molecule has 1 heterocycles. The molecule has 2 aromatic rings. The predicted octanol–water partition coefficient (Wildman–Crippen LogP) is 2.55. The summed E-state index contributed by atoms with van der Waals surface area (Å²) in [6, 6.07) is 10.3. The Bertz CT molecular complexity index is 500. The van der Waals surface area contributed by atoms with Crippen molar-refractivity contribution in [2.45, 2.75) is 6.42 Å². The molecule has 0 spiro atoms. The van der Waals surface area contributed by atoms with Crippen molar-refractivity contribution in [2.75, 3.05) is 6.61 Å². The number of ether oxygens (including phenoxy) is 1. The van der Waals surface area contributed by atoms with Gasteiger partial charge in [-0.05, 0) is 5.56 Å². The van der Waals surface area contributed by atoms with Crippen LogP contribution in [0.25, 0.3) is 11.1 Å². The van der Waals surface area contributed by atoms with Gasteiger partial charge in [0, 0.05) is 24.4 Å². The molecule has 3 heteroatoms. The average molecular weight is 224 g/mol. The summed E-state index contributed by atoms with van der Waals surface area (Å²) in [5, 5.41) is 0. The molecule has 0 aliphatic carbocycles. The molecule has 17 heavy (non-hydrogen) atoms. The summed E-state index contributed by atoms with van der Waals surface area (Å²) in [5.41, 5.74) is 2.05. The second-order valence-electron chi connectivity index (χ2n) is 3.42. The zero-order chi connectivity index (χ0) is 11.9. The minimum atomic E-state index is 0.361. The first-order chi connectivity index (χ1) is 8.40. The topological polar surface area (TPSA) is 35.0 Å². The van der Waals surface area contributed by atoms with E-state index in [1.54, 1.807) is 12.4 Å². The third-order valence-electron chi connectivity index (χ3n) is 2.21. The summed E-state index contributed by atoms with van der Waals surface area (Å²) < 4.78 is 5.27. The average Bonchev–Trinajstić information content (AvgIpc) is 2.41. The number of benzene rings is 1. The highest BCUT2D eigenvalue weighted by molar-refractivity contribution is 5.61. The predicted molar refractivity (Wildman–Crippen MR) is 66.4 cm³/mol. The van der Waals surface area contributed by atoms with Crippen LogP contribution in [0.1, 0.15) is 6.42 Å². The van der Waals surface area contributed by atoms with Crippen molar-refractivity contribution < 1.29 is 4.74 Å². The quantitative estimate of drug-likeness (QED) is 0.591. The van der Waals surface area contributed by atoms with Gasteiger partial charge in [0.2, 0.25) is 0 Å². The largest absolute Gasteiger partial charge is 0.462 e. The lowest BCUT2D eigenvalue weighted by atomic mass is 10.1. The molecule has 2 rings (SSSR count). The van der Waals surface area contributed by atoms with Gasteiger partial charge in [-0.15, -0.1) is 12.3 Å². The maximum atomic E-state index is 5.27. The fourth-order valence-corrected chi connectivity index (χ4v) is 1.37. The fraction of sp³-hybridized carbons (Fsp3) is 0.143. The molecule has 1 aromatic carbocycles. The van der Waals surface area contributed by atoms with Crippen LogP contribution < -0.4 is 4.74 Å². The van der Waals surface area contributed by atoms with E-state index in [2.05, 4.69) is 15.9 Å². The zero-order valence-electron chi connectivity index (χ0n) is 9.34. The van der Waals surface area contributed by atoms with Crippen molar-refractivity contribution in [1.82, 2.24) is 9.97 Å². The highest BCUT2D eigenvalue weighted by Crippen LogP contribution is 2.17. The lowest BCUT2D eigenvalue weighted by Crippen LogP contribution is -1.99. The summed E-state index contributed by atoms with van der Waals surface area (Å²) in [6.07, 6.45) is 9.17. The molecule has 1 aromatic heterocycles. The molecule has 0 bridgehead atoms. The monoisotopic (exact) mass is 224 g/mol. The zero-order valence-corrected chi connectivity index (χ0v) is 9.34.